The summed E-state index contributed by atoms with van der Waals surface area (Å²) in [5.74, 6) is 0.678. The molecule has 1 fully saturated rings. The smallest absolute Gasteiger partial charge is 0.0629 e. The first-order chi connectivity index (χ1) is 7.61. The Labute approximate surface area is 98.8 Å². The lowest BCUT2D eigenvalue weighted by Crippen LogP contribution is -2.57. The summed E-state index contributed by atoms with van der Waals surface area (Å²) < 4.78 is 5.08. The third kappa shape index (κ3) is 3.17. The van der Waals surface area contributed by atoms with Crippen LogP contribution in [0.5, 0.6) is 0 Å². The van der Waals surface area contributed by atoms with Crippen LogP contribution < -0.4 is 5.73 Å². The average Bonchev–Trinajstić information content (AvgIpc) is 2.25. The molecule has 0 aromatic rings. The number of aliphatic hydroxyl groups is 1. The predicted molar refractivity (Wildman–Crippen MR) is 65.3 cm³/mol. The van der Waals surface area contributed by atoms with Gasteiger partial charge in [0.05, 0.1) is 19.3 Å². The van der Waals surface area contributed by atoms with E-state index in [4.69, 9.17) is 10.5 Å². The fourth-order valence-electron chi connectivity index (χ4n) is 2.63. The Hall–Kier alpha value is -0.160. The molecule has 1 aliphatic rings. The molecule has 4 nitrogen and oxygen atoms in total. The number of rotatable bonds is 5. The average molecular weight is 230 g/mol. The number of nitrogens with two attached hydrogens (primary N) is 1. The van der Waals surface area contributed by atoms with Gasteiger partial charge in [0.2, 0.25) is 0 Å². The molecule has 0 aliphatic carbocycles. The van der Waals surface area contributed by atoms with Crippen LogP contribution >= 0.6 is 0 Å². The second-order valence-electron chi connectivity index (χ2n) is 4.97. The molecule has 1 heterocycles. The van der Waals surface area contributed by atoms with Crippen molar-refractivity contribution in [2.45, 2.75) is 44.8 Å². The molecule has 16 heavy (non-hydrogen) atoms. The van der Waals surface area contributed by atoms with E-state index in [1.54, 1.807) is 7.11 Å². The SMILES string of the molecule is COCC(N)C(CO)N1CCCC(C)C1C. The Morgan fingerprint density at radius 3 is 2.75 bits per heavy atom. The van der Waals surface area contributed by atoms with Gasteiger partial charge >= 0.3 is 0 Å². The number of aliphatic hydroxyl groups excluding tert-OH is 1. The lowest BCUT2D eigenvalue weighted by Gasteiger charge is -2.44. The maximum atomic E-state index is 9.50. The zero-order valence-electron chi connectivity index (χ0n) is 10.7. The van der Waals surface area contributed by atoms with Gasteiger partial charge in [-0.3, -0.25) is 4.90 Å². The molecule has 3 N–H and O–H groups in total. The topological polar surface area (TPSA) is 58.7 Å². The van der Waals surface area contributed by atoms with Crippen molar-refractivity contribution >= 4 is 0 Å². The lowest BCUT2D eigenvalue weighted by molar-refractivity contribution is 0.0119. The van der Waals surface area contributed by atoms with Crippen molar-refractivity contribution < 1.29 is 9.84 Å². The van der Waals surface area contributed by atoms with Crippen LogP contribution in [0.1, 0.15) is 26.7 Å². The number of likely N-dealkylation sites (tertiary alicyclic amines) is 1. The Morgan fingerprint density at radius 1 is 1.50 bits per heavy atom. The van der Waals surface area contributed by atoms with Crippen molar-refractivity contribution in [3.8, 4) is 0 Å². The monoisotopic (exact) mass is 230 g/mol. The van der Waals surface area contributed by atoms with Crippen LogP contribution in [0.2, 0.25) is 0 Å². The van der Waals surface area contributed by atoms with E-state index >= 15 is 0 Å². The van der Waals surface area contributed by atoms with E-state index in [2.05, 4.69) is 18.7 Å². The first-order valence-electron chi connectivity index (χ1n) is 6.23. The highest BCUT2D eigenvalue weighted by atomic mass is 16.5. The standard InChI is InChI=1S/C12H26N2O2/c1-9-5-4-6-14(10(9)2)12(7-15)11(13)8-16-3/h9-12,15H,4-8,13H2,1-3H3. The summed E-state index contributed by atoms with van der Waals surface area (Å²) in [6.45, 7) is 6.15. The molecule has 1 aliphatic heterocycles. The second kappa shape index (κ2) is 6.55. The molecule has 4 atom stereocenters. The van der Waals surface area contributed by atoms with Crippen LogP contribution in [0.25, 0.3) is 0 Å². The maximum absolute atomic E-state index is 9.50. The number of hydrogen-bond donors (Lipinski definition) is 2. The van der Waals surface area contributed by atoms with Crippen molar-refractivity contribution in [2.75, 3.05) is 26.9 Å². The fourth-order valence-corrected chi connectivity index (χ4v) is 2.63. The van der Waals surface area contributed by atoms with Gasteiger partial charge in [-0.25, -0.2) is 0 Å². The summed E-state index contributed by atoms with van der Waals surface area (Å²) in [6.07, 6.45) is 2.47. The Morgan fingerprint density at radius 2 is 2.19 bits per heavy atom. The van der Waals surface area contributed by atoms with Crippen molar-refractivity contribution in [1.29, 1.82) is 0 Å². The highest BCUT2D eigenvalue weighted by Gasteiger charge is 2.32. The molecule has 0 spiro atoms. The maximum Gasteiger partial charge on any atom is 0.0629 e. The minimum absolute atomic E-state index is 0.0256. The largest absolute Gasteiger partial charge is 0.395 e. The zero-order chi connectivity index (χ0) is 12.1. The van der Waals surface area contributed by atoms with E-state index in [-0.39, 0.29) is 18.7 Å². The van der Waals surface area contributed by atoms with Gasteiger partial charge in [-0.05, 0) is 32.2 Å². The van der Waals surface area contributed by atoms with Gasteiger partial charge in [-0.1, -0.05) is 6.92 Å². The van der Waals surface area contributed by atoms with Gasteiger partial charge in [-0.15, -0.1) is 0 Å². The molecule has 0 bridgehead atoms. The van der Waals surface area contributed by atoms with Crippen LogP contribution in [0.3, 0.4) is 0 Å². The minimum Gasteiger partial charge on any atom is -0.395 e. The summed E-state index contributed by atoms with van der Waals surface area (Å²) in [7, 11) is 1.65. The van der Waals surface area contributed by atoms with Crippen molar-refractivity contribution in [1.82, 2.24) is 4.90 Å². The third-order valence-electron chi connectivity index (χ3n) is 3.89. The normalized spacial score (nSPS) is 31.3. The number of methoxy groups -OCH3 is 1. The van der Waals surface area contributed by atoms with Crippen LogP contribution in [-0.2, 0) is 4.74 Å². The summed E-state index contributed by atoms with van der Waals surface area (Å²) >= 11 is 0. The fraction of sp³-hybridized carbons (Fsp3) is 1.00. The number of ether oxygens (including phenoxy) is 1. The van der Waals surface area contributed by atoms with E-state index in [0.29, 0.717) is 18.6 Å². The minimum atomic E-state index is -0.109. The third-order valence-corrected chi connectivity index (χ3v) is 3.89. The highest BCUT2D eigenvalue weighted by molar-refractivity contribution is 4.88. The molecule has 0 aromatic carbocycles. The highest BCUT2D eigenvalue weighted by Crippen LogP contribution is 2.25. The molecule has 1 saturated heterocycles. The Kier molecular flexibility index (Phi) is 5.69. The first kappa shape index (κ1) is 13.9. The molecule has 0 amide bonds. The van der Waals surface area contributed by atoms with Gasteiger partial charge in [-0.2, -0.15) is 0 Å². The molecular weight excluding hydrogens is 204 g/mol. The van der Waals surface area contributed by atoms with Gasteiger partial charge in [0.1, 0.15) is 0 Å². The summed E-state index contributed by atoms with van der Waals surface area (Å²) in [5.41, 5.74) is 6.05. The summed E-state index contributed by atoms with van der Waals surface area (Å²) in [6, 6.07) is 0.411. The van der Waals surface area contributed by atoms with Crippen LogP contribution in [0.4, 0.5) is 0 Å². The molecular formula is C12H26N2O2. The molecule has 4 heteroatoms. The van der Waals surface area contributed by atoms with Gasteiger partial charge in [0.15, 0.2) is 0 Å². The van der Waals surface area contributed by atoms with Gasteiger partial charge in [0.25, 0.3) is 0 Å². The number of nitrogens with zero attached hydrogens (tertiary/aromatic N) is 1. The van der Waals surface area contributed by atoms with Crippen molar-refractivity contribution in [2.24, 2.45) is 11.7 Å². The quantitative estimate of drug-likeness (QED) is 0.719. The molecule has 4 unspecified atom stereocenters. The van der Waals surface area contributed by atoms with E-state index in [9.17, 15) is 5.11 Å². The number of piperidine rings is 1. The first-order valence-corrected chi connectivity index (χ1v) is 6.23. The molecule has 0 saturated carbocycles. The van der Waals surface area contributed by atoms with Crippen LogP contribution in [-0.4, -0.2) is 55.0 Å². The van der Waals surface area contributed by atoms with Crippen LogP contribution in [0.15, 0.2) is 0 Å². The summed E-state index contributed by atoms with van der Waals surface area (Å²) in [5, 5.41) is 9.50. The molecule has 0 radical (unpaired) electrons. The van der Waals surface area contributed by atoms with E-state index in [1.807, 2.05) is 0 Å². The molecule has 0 aromatic heterocycles. The Balaban J connectivity index is 2.63. The van der Waals surface area contributed by atoms with Gasteiger partial charge < -0.3 is 15.6 Å². The van der Waals surface area contributed by atoms with E-state index in [0.717, 1.165) is 6.54 Å². The lowest BCUT2D eigenvalue weighted by atomic mass is 9.89. The second-order valence-corrected chi connectivity index (χ2v) is 4.97. The van der Waals surface area contributed by atoms with Crippen LogP contribution in [0, 0.1) is 5.92 Å². The Bertz CT molecular complexity index is 201. The summed E-state index contributed by atoms with van der Waals surface area (Å²) in [4.78, 5) is 2.35. The molecule has 1 rings (SSSR count). The van der Waals surface area contributed by atoms with Gasteiger partial charge in [0, 0.05) is 19.2 Å². The van der Waals surface area contributed by atoms with Crippen molar-refractivity contribution in [3.05, 3.63) is 0 Å². The molecule has 96 valence electrons. The zero-order valence-corrected chi connectivity index (χ0v) is 10.7. The number of hydrogen-bond acceptors (Lipinski definition) is 4. The van der Waals surface area contributed by atoms with Crippen molar-refractivity contribution in [3.63, 3.8) is 0 Å². The van der Waals surface area contributed by atoms with E-state index < -0.39 is 0 Å². The van der Waals surface area contributed by atoms with E-state index in [1.165, 1.54) is 12.8 Å². The predicted octanol–water partition coefficient (Wildman–Crippen LogP) is 0.441.